The molecule has 1 aromatic rings. The number of methoxy groups -OCH3 is 1. The molecule has 0 bridgehead atoms. The van der Waals surface area contributed by atoms with Gasteiger partial charge in [-0.15, -0.1) is 0 Å². The zero-order valence-corrected chi connectivity index (χ0v) is 13.8. The predicted octanol–water partition coefficient (Wildman–Crippen LogP) is 3.47. The number of ether oxygens (including phenoxy) is 1. The monoisotopic (exact) mass is 345 g/mol. The predicted molar refractivity (Wildman–Crippen MR) is 84.8 cm³/mol. The summed E-state index contributed by atoms with van der Waals surface area (Å²) in [7, 11) is 1.39. The summed E-state index contributed by atoms with van der Waals surface area (Å²) in [5.41, 5.74) is 1.72. The Hall–Kier alpha value is -0.520. The zero-order chi connectivity index (χ0) is 14.1. The van der Waals surface area contributed by atoms with Crippen LogP contribution in [0.4, 0.5) is 0 Å². The second kappa shape index (κ2) is 9.39. The molecule has 0 saturated heterocycles. The van der Waals surface area contributed by atoms with E-state index < -0.39 is 0 Å². The van der Waals surface area contributed by atoms with Gasteiger partial charge in [0.05, 0.1) is 12.7 Å². The zero-order valence-electron chi connectivity index (χ0n) is 11.4. The molecule has 0 fully saturated rings. The third kappa shape index (κ3) is 5.97. The smallest absolute Gasteiger partial charge is 0.337 e. The summed E-state index contributed by atoms with van der Waals surface area (Å²) < 4.78 is 5.63. The summed E-state index contributed by atoms with van der Waals surface area (Å²) in [5.74, 6) is 0.913. The fourth-order valence-corrected chi connectivity index (χ4v) is 2.67. The van der Waals surface area contributed by atoms with Gasteiger partial charge < -0.3 is 10.1 Å². The van der Waals surface area contributed by atoms with E-state index in [0.29, 0.717) is 5.56 Å². The van der Waals surface area contributed by atoms with Crippen LogP contribution >= 0.6 is 27.7 Å². The van der Waals surface area contributed by atoms with Crippen molar-refractivity contribution in [2.75, 3.05) is 25.7 Å². The van der Waals surface area contributed by atoms with Gasteiger partial charge in [0.1, 0.15) is 0 Å². The van der Waals surface area contributed by atoms with E-state index in [1.54, 1.807) is 12.1 Å². The van der Waals surface area contributed by atoms with Crippen molar-refractivity contribution in [3.8, 4) is 0 Å². The highest BCUT2D eigenvalue weighted by atomic mass is 79.9. The fraction of sp³-hybridized carbons (Fsp3) is 0.500. The number of carbonyl (C=O) groups excluding carboxylic acids is 1. The third-order valence-electron chi connectivity index (χ3n) is 2.74. The van der Waals surface area contributed by atoms with Crippen LogP contribution in [0.2, 0.25) is 0 Å². The number of esters is 1. The van der Waals surface area contributed by atoms with E-state index in [1.807, 2.05) is 17.8 Å². The summed E-state index contributed by atoms with van der Waals surface area (Å²) in [6.45, 7) is 1.83. The van der Waals surface area contributed by atoms with Gasteiger partial charge in [0, 0.05) is 11.0 Å². The van der Waals surface area contributed by atoms with Crippen molar-refractivity contribution in [2.24, 2.45) is 0 Å². The first-order chi connectivity index (χ1) is 9.19. The largest absolute Gasteiger partial charge is 0.465 e. The lowest BCUT2D eigenvalue weighted by atomic mass is 10.1. The molecule has 1 N–H and O–H groups in total. The van der Waals surface area contributed by atoms with Crippen LogP contribution in [0.15, 0.2) is 22.7 Å². The maximum absolute atomic E-state index is 11.4. The van der Waals surface area contributed by atoms with E-state index in [0.717, 1.165) is 23.1 Å². The molecule has 0 aliphatic heterocycles. The molecule has 0 aliphatic carbocycles. The Morgan fingerprint density at radius 3 is 2.84 bits per heavy atom. The van der Waals surface area contributed by atoms with Crippen molar-refractivity contribution in [3.05, 3.63) is 33.8 Å². The number of unbranched alkanes of at least 4 members (excludes halogenated alkanes) is 1. The van der Waals surface area contributed by atoms with Gasteiger partial charge >= 0.3 is 5.97 Å². The minimum absolute atomic E-state index is 0.308. The molecule has 0 heterocycles. The van der Waals surface area contributed by atoms with Gasteiger partial charge in [0.25, 0.3) is 0 Å². The molecule has 3 nitrogen and oxygen atoms in total. The van der Waals surface area contributed by atoms with Crippen LogP contribution in [-0.4, -0.2) is 31.6 Å². The number of thioether (sulfide) groups is 1. The van der Waals surface area contributed by atoms with Crippen LogP contribution in [0, 0.1) is 0 Å². The second-order valence-corrected chi connectivity index (χ2v) is 6.01. The second-order valence-electron chi connectivity index (χ2n) is 4.17. The van der Waals surface area contributed by atoms with Gasteiger partial charge in [0.2, 0.25) is 0 Å². The van der Waals surface area contributed by atoms with E-state index in [2.05, 4.69) is 32.2 Å². The molecule has 0 aliphatic rings. The molecule has 19 heavy (non-hydrogen) atoms. The van der Waals surface area contributed by atoms with Crippen LogP contribution in [0.25, 0.3) is 0 Å². The number of hydrogen-bond acceptors (Lipinski definition) is 4. The first-order valence-electron chi connectivity index (χ1n) is 6.25. The van der Waals surface area contributed by atoms with Crippen molar-refractivity contribution >= 4 is 33.7 Å². The highest BCUT2D eigenvalue weighted by Gasteiger charge is 2.07. The molecule has 0 amide bonds. The molecule has 1 aromatic carbocycles. The third-order valence-corrected chi connectivity index (χ3v) is 4.18. The number of nitrogens with one attached hydrogen (secondary N) is 1. The molecule has 0 saturated carbocycles. The SMILES string of the molecule is COC(=O)c1ccc(CNCCCCSC)c(Br)c1. The maximum atomic E-state index is 11.4. The lowest BCUT2D eigenvalue weighted by molar-refractivity contribution is 0.0600. The average molecular weight is 346 g/mol. The van der Waals surface area contributed by atoms with Crippen LogP contribution in [0.3, 0.4) is 0 Å². The lowest BCUT2D eigenvalue weighted by Crippen LogP contribution is -2.15. The Bertz CT molecular complexity index is 412. The fourth-order valence-electron chi connectivity index (χ4n) is 1.65. The van der Waals surface area contributed by atoms with Crippen molar-refractivity contribution in [1.82, 2.24) is 5.32 Å². The Labute approximate surface area is 127 Å². The number of hydrogen-bond donors (Lipinski definition) is 1. The van der Waals surface area contributed by atoms with Gasteiger partial charge in [0.15, 0.2) is 0 Å². The summed E-state index contributed by atoms with van der Waals surface area (Å²) in [4.78, 5) is 11.4. The van der Waals surface area contributed by atoms with Gasteiger partial charge in [-0.2, -0.15) is 11.8 Å². The number of halogens is 1. The standard InChI is InChI=1S/C14H20BrNO2S/c1-18-14(17)11-5-6-12(13(15)9-11)10-16-7-3-4-8-19-2/h5-6,9,16H,3-4,7-8,10H2,1-2H3. The summed E-state index contributed by atoms with van der Waals surface area (Å²) in [6, 6.07) is 5.54. The highest BCUT2D eigenvalue weighted by molar-refractivity contribution is 9.10. The Balaban J connectivity index is 2.40. The quantitative estimate of drug-likeness (QED) is 0.578. The number of carbonyl (C=O) groups is 1. The normalized spacial score (nSPS) is 10.5. The minimum atomic E-state index is -0.308. The Kier molecular flexibility index (Phi) is 8.18. The molecule has 0 atom stereocenters. The van der Waals surface area contributed by atoms with Crippen LogP contribution < -0.4 is 5.32 Å². The molecule has 0 aromatic heterocycles. The molecule has 5 heteroatoms. The van der Waals surface area contributed by atoms with Crippen molar-refractivity contribution in [1.29, 1.82) is 0 Å². The van der Waals surface area contributed by atoms with E-state index in [9.17, 15) is 4.79 Å². The molecule has 106 valence electrons. The van der Waals surface area contributed by atoms with Gasteiger partial charge in [-0.1, -0.05) is 22.0 Å². The van der Waals surface area contributed by atoms with E-state index >= 15 is 0 Å². The van der Waals surface area contributed by atoms with E-state index in [-0.39, 0.29) is 5.97 Å². The molecular weight excluding hydrogens is 326 g/mol. The number of rotatable bonds is 8. The summed E-state index contributed by atoms with van der Waals surface area (Å²) in [5, 5.41) is 3.41. The molecule has 0 spiro atoms. The first-order valence-corrected chi connectivity index (χ1v) is 8.44. The van der Waals surface area contributed by atoms with Crippen molar-refractivity contribution in [2.45, 2.75) is 19.4 Å². The van der Waals surface area contributed by atoms with Crippen LogP contribution in [0.5, 0.6) is 0 Å². The number of benzene rings is 1. The molecule has 1 rings (SSSR count). The van der Waals surface area contributed by atoms with Crippen LogP contribution in [-0.2, 0) is 11.3 Å². The molecule has 0 unspecified atom stereocenters. The molecular formula is C14H20BrNO2S. The van der Waals surface area contributed by atoms with E-state index in [1.165, 1.54) is 25.7 Å². The van der Waals surface area contributed by atoms with E-state index in [4.69, 9.17) is 0 Å². The lowest BCUT2D eigenvalue weighted by Gasteiger charge is -2.08. The Morgan fingerprint density at radius 2 is 2.21 bits per heavy atom. The van der Waals surface area contributed by atoms with Crippen molar-refractivity contribution < 1.29 is 9.53 Å². The van der Waals surface area contributed by atoms with Crippen LogP contribution in [0.1, 0.15) is 28.8 Å². The topological polar surface area (TPSA) is 38.3 Å². The highest BCUT2D eigenvalue weighted by Crippen LogP contribution is 2.19. The van der Waals surface area contributed by atoms with Gasteiger partial charge in [-0.25, -0.2) is 4.79 Å². The molecule has 0 radical (unpaired) electrons. The van der Waals surface area contributed by atoms with Gasteiger partial charge in [-0.05, 0) is 49.1 Å². The summed E-state index contributed by atoms with van der Waals surface area (Å²) in [6.07, 6.45) is 4.57. The minimum Gasteiger partial charge on any atom is -0.465 e. The first kappa shape index (κ1) is 16.5. The van der Waals surface area contributed by atoms with Gasteiger partial charge in [-0.3, -0.25) is 0 Å². The Morgan fingerprint density at radius 1 is 1.42 bits per heavy atom. The van der Waals surface area contributed by atoms with Crippen molar-refractivity contribution in [3.63, 3.8) is 0 Å². The maximum Gasteiger partial charge on any atom is 0.337 e. The summed E-state index contributed by atoms with van der Waals surface area (Å²) >= 11 is 5.37. The average Bonchev–Trinajstić information content (AvgIpc) is 2.43.